The topological polar surface area (TPSA) is 189 Å². The summed E-state index contributed by atoms with van der Waals surface area (Å²) in [6.45, 7) is 14.8. The standard InChI is InChI=1S/C29H34N6OS2.C28H28BrN3O3S2/c1-28(36)18-29(31,19-28)22-9-7-20(8-10-22)24-25(21-5-3-2-4-6-21)38-26(33-24)23-17-32-27(37-23)35-15-13-34(12-11-30)14-16-35;1-26(2,3)35-25(33)32-28(15-27(4,34)16-28)19-12-10-17(11-13-19)21-22(18-8-6-5-7-9-18)37-23(31-21)20-14-30-24(29)36-20/h2-10,17,36H,11-16,18-19,30-31H2,1H3;5-14,34H,15-16H2,1-4H3,(H,32,33). The second-order valence-corrected chi connectivity index (χ2v) is 26.8. The number of rotatable bonds is 12. The van der Waals surface area contributed by atoms with Gasteiger partial charge < -0.3 is 36.6 Å². The van der Waals surface area contributed by atoms with Gasteiger partial charge in [-0.1, -0.05) is 121 Å². The fourth-order valence-electron chi connectivity index (χ4n) is 10.6. The molecule has 7 N–H and O–H groups in total. The zero-order valence-electron chi connectivity index (χ0n) is 42.7. The van der Waals surface area contributed by atoms with E-state index in [2.05, 4.69) is 96.7 Å². The third-order valence-electron chi connectivity index (χ3n) is 13.7. The molecule has 390 valence electrons. The summed E-state index contributed by atoms with van der Waals surface area (Å²) in [5.74, 6) is 0. The number of halogens is 1. The van der Waals surface area contributed by atoms with Gasteiger partial charge in [-0.05, 0) is 85.6 Å². The highest BCUT2D eigenvalue weighted by atomic mass is 79.9. The predicted octanol–water partition coefficient (Wildman–Crippen LogP) is 12.0. The van der Waals surface area contributed by atoms with E-state index in [0.29, 0.717) is 32.2 Å². The minimum absolute atomic E-state index is 0.412. The van der Waals surface area contributed by atoms with E-state index >= 15 is 0 Å². The largest absolute Gasteiger partial charge is 0.444 e. The molecule has 3 aliphatic rings. The summed E-state index contributed by atoms with van der Waals surface area (Å²) < 4.78 is 6.34. The van der Waals surface area contributed by atoms with Crippen LogP contribution in [0.15, 0.2) is 126 Å². The molecular formula is C57H62BrN9O4S4. The van der Waals surface area contributed by atoms with Crippen molar-refractivity contribution >= 4 is 72.5 Å². The van der Waals surface area contributed by atoms with Crippen LogP contribution in [0.5, 0.6) is 0 Å². The van der Waals surface area contributed by atoms with Crippen molar-refractivity contribution in [2.45, 2.75) is 88.2 Å². The lowest BCUT2D eigenvalue weighted by Crippen LogP contribution is -2.62. The van der Waals surface area contributed by atoms with Gasteiger partial charge in [-0.3, -0.25) is 4.90 Å². The van der Waals surface area contributed by atoms with Crippen LogP contribution in [0.25, 0.3) is 63.2 Å². The average molecular weight is 1150 g/mol. The maximum atomic E-state index is 12.6. The van der Waals surface area contributed by atoms with Gasteiger partial charge in [0.25, 0.3) is 0 Å². The Morgan fingerprint density at radius 2 is 1.17 bits per heavy atom. The van der Waals surface area contributed by atoms with Crippen LogP contribution < -0.4 is 21.7 Å². The lowest BCUT2D eigenvalue weighted by molar-refractivity contribution is -0.0892. The number of amides is 1. The Bertz CT molecular complexity index is 3230. The van der Waals surface area contributed by atoms with Crippen LogP contribution in [0.4, 0.5) is 9.93 Å². The van der Waals surface area contributed by atoms with E-state index in [1.165, 1.54) is 0 Å². The van der Waals surface area contributed by atoms with E-state index in [-0.39, 0.29) is 0 Å². The van der Waals surface area contributed by atoms with E-state index < -0.39 is 34.0 Å². The van der Waals surface area contributed by atoms with Crippen molar-refractivity contribution in [1.82, 2.24) is 30.2 Å². The van der Waals surface area contributed by atoms with Crippen molar-refractivity contribution in [3.63, 3.8) is 0 Å². The molecule has 4 aromatic heterocycles. The number of aliphatic hydroxyl groups is 2. The van der Waals surface area contributed by atoms with Crippen molar-refractivity contribution in [2.75, 3.05) is 44.2 Å². The number of ether oxygens (including phenoxy) is 1. The molecule has 3 fully saturated rings. The summed E-state index contributed by atoms with van der Waals surface area (Å²) >= 11 is 10.1. The minimum atomic E-state index is -0.846. The summed E-state index contributed by atoms with van der Waals surface area (Å²) in [7, 11) is 0. The highest BCUT2D eigenvalue weighted by molar-refractivity contribution is 9.11. The van der Waals surface area contributed by atoms with Crippen LogP contribution in [0.3, 0.4) is 0 Å². The van der Waals surface area contributed by atoms with Crippen LogP contribution >= 0.6 is 61.3 Å². The molecule has 0 spiro atoms. The Morgan fingerprint density at radius 1 is 0.680 bits per heavy atom. The van der Waals surface area contributed by atoms with Gasteiger partial charge in [0, 0.05) is 75.0 Å². The quantitative estimate of drug-likeness (QED) is 0.0780. The number of nitrogens with zero attached hydrogens (tertiary/aromatic N) is 6. The number of benzene rings is 4. The Kier molecular flexibility index (Phi) is 15.1. The van der Waals surface area contributed by atoms with E-state index in [9.17, 15) is 15.0 Å². The van der Waals surface area contributed by atoms with Crippen LogP contribution in [-0.2, 0) is 15.8 Å². The third kappa shape index (κ3) is 12.0. The van der Waals surface area contributed by atoms with Crippen molar-refractivity contribution in [3.05, 3.63) is 137 Å². The van der Waals surface area contributed by atoms with Crippen molar-refractivity contribution in [3.8, 4) is 63.2 Å². The third-order valence-corrected chi connectivity index (χ3v) is 18.8. The first-order chi connectivity index (χ1) is 35.8. The molecule has 13 nitrogen and oxygen atoms in total. The normalized spacial score (nSPS) is 22.7. The Labute approximate surface area is 462 Å². The lowest BCUT2D eigenvalue weighted by Gasteiger charge is -2.52. The summed E-state index contributed by atoms with van der Waals surface area (Å²) in [6, 6.07) is 37.2. The molecule has 1 amide bonds. The van der Waals surface area contributed by atoms with E-state index in [0.717, 1.165) is 116 Å². The molecule has 1 saturated heterocycles. The van der Waals surface area contributed by atoms with Crippen molar-refractivity contribution < 1.29 is 19.7 Å². The number of alkyl carbamates (subject to hydrolysis) is 1. The molecule has 4 aromatic carbocycles. The molecule has 1 aliphatic heterocycles. The Morgan fingerprint density at radius 3 is 1.64 bits per heavy atom. The summed E-state index contributed by atoms with van der Waals surface area (Å²) in [4.78, 5) is 41.0. The molecule has 75 heavy (non-hydrogen) atoms. The number of thiazole rings is 4. The molecule has 2 aliphatic carbocycles. The van der Waals surface area contributed by atoms with Gasteiger partial charge in [-0.25, -0.2) is 24.7 Å². The molecule has 18 heteroatoms. The van der Waals surface area contributed by atoms with Gasteiger partial charge in [0.1, 0.15) is 15.6 Å². The van der Waals surface area contributed by atoms with E-state index in [4.69, 9.17) is 31.2 Å². The first kappa shape index (κ1) is 53.2. The predicted molar refractivity (Wildman–Crippen MR) is 310 cm³/mol. The molecule has 11 rings (SSSR count). The summed E-state index contributed by atoms with van der Waals surface area (Å²) in [5.41, 5.74) is 17.2. The molecular weight excluding hydrogens is 1080 g/mol. The number of aromatic nitrogens is 4. The van der Waals surface area contributed by atoms with Gasteiger partial charge in [0.05, 0.1) is 53.8 Å². The zero-order chi connectivity index (χ0) is 52.8. The minimum Gasteiger partial charge on any atom is -0.444 e. The lowest BCUT2D eigenvalue weighted by atomic mass is 9.62. The monoisotopic (exact) mass is 1140 g/mol. The van der Waals surface area contributed by atoms with Gasteiger partial charge in [0.15, 0.2) is 9.05 Å². The molecule has 5 heterocycles. The van der Waals surface area contributed by atoms with Crippen LogP contribution in [0.1, 0.15) is 71.4 Å². The second kappa shape index (κ2) is 21.3. The van der Waals surface area contributed by atoms with Gasteiger partial charge in [-0.2, -0.15) is 0 Å². The number of piperazine rings is 1. The molecule has 0 radical (unpaired) electrons. The van der Waals surface area contributed by atoms with E-state index in [1.807, 2.05) is 88.6 Å². The average Bonchev–Trinajstić information content (AvgIpc) is 4.21. The molecule has 8 aromatic rings. The van der Waals surface area contributed by atoms with E-state index in [1.54, 1.807) is 52.3 Å². The molecule has 0 unspecified atom stereocenters. The number of nitrogens with two attached hydrogens (primary N) is 2. The SMILES string of the molecule is CC1(O)CC(N)(c2ccc(-c3nc(-c4cnc(N5CCN(CCN)CC5)s4)sc3-c3ccccc3)cc2)C1.CC1(O)CC(NC(=O)OC(C)(C)C)(c2ccc(-c3nc(-c4cnc(Br)s4)sc3-c3ccccc3)cc2)C1. The first-order valence-corrected chi connectivity index (χ1v) is 29.2. The molecule has 0 atom stereocenters. The molecule has 2 saturated carbocycles. The van der Waals surface area contributed by atoms with Gasteiger partial charge in [-0.15, -0.1) is 34.0 Å². The second-order valence-electron chi connectivity index (χ2n) is 21.4. The maximum absolute atomic E-state index is 12.6. The summed E-state index contributed by atoms with van der Waals surface area (Å²) in [6.07, 6.45) is 5.29. The maximum Gasteiger partial charge on any atom is 0.408 e. The highest BCUT2D eigenvalue weighted by Crippen LogP contribution is 2.50. The number of carbonyl (C=O) groups excluding carboxylic acids is 1. The number of anilines is 1. The fraction of sp³-hybridized carbons (Fsp3) is 0.351. The van der Waals surface area contributed by atoms with Crippen molar-refractivity contribution in [1.29, 1.82) is 0 Å². The Hall–Kier alpha value is -5.25. The van der Waals surface area contributed by atoms with Crippen LogP contribution in [-0.4, -0.2) is 97.2 Å². The number of carbonyl (C=O) groups is 1. The number of hydrogen-bond acceptors (Lipinski definition) is 16. The first-order valence-electron chi connectivity index (χ1n) is 25.1. The zero-order valence-corrected chi connectivity index (χ0v) is 47.5. The highest BCUT2D eigenvalue weighted by Gasteiger charge is 2.54. The smallest absolute Gasteiger partial charge is 0.408 e. The number of nitrogens with one attached hydrogen (secondary N) is 1. The van der Waals surface area contributed by atoms with Crippen LogP contribution in [0.2, 0.25) is 0 Å². The number of hydrogen-bond donors (Lipinski definition) is 5. The van der Waals surface area contributed by atoms with Gasteiger partial charge >= 0.3 is 6.09 Å². The van der Waals surface area contributed by atoms with Crippen LogP contribution in [0, 0.1) is 0 Å². The fourth-order valence-corrected chi connectivity index (χ4v) is 15.0. The Balaban J connectivity index is 0.000000171. The summed E-state index contributed by atoms with van der Waals surface area (Å²) in [5, 5.41) is 26.8. The van der Waals surface area contributed by atoms with Crippen molar-refractivity contribution in [2.24, 2.45) is 11.5 Å². The van der Waals surface area contributed by atoms with Gasteiger partial charge in [0.2, 0.25) is 0 Å². The molecule has 0 bridgehead atoms.